The SMILES string of the molecule is CC1CCCCC12NC(=O)N(CC(=O)N1CCN(c3ccccc3F)CC1)C2=O. The largest absolute Gasteiger partial charge is 0.366 e. The number of carbonyl (C=O) groups excluding carboxylic acids is 3. The van der Waals surface area contributed by atoms with E-state index < -0.39 is 11.6 Å². The van der Waals surface area contributed by atoms with Crippen LogP contribution in [0, 0.1) is 11.7 Å². The number of nitrogens with zero attached hydrogens (tertiary/aromatic N) is 3. The Morgan fingerprint density at radius 3 is 2.59 bits per heavy atom. The predicted molar refractivity (Wildman–Crippen MR) is 106 cm³/mol. The van der Waals surface area contributed by atoms with Crippen molar-refractivity contribution in [2.45, 2.75) is 38.1 Å². The van der Waals surface area contributed by atoms with Gasteiger partial charge in [0.05, 0.1) is 5.69 Å². The zero-order chi connectivity index (χ0) is 20.6. The summed E-state index contributed by atoms with van der Waals surface area (Å²) in [5, 5.41) is 2.88. The molecule has 1 saturated carbocycles. The average Bonchev–Trinajstić information content (AvgIpc) is 2.96. The molecule has 4 amide bonds. The molecule has 0 radical (unpaired) electrons. The van der Waals surface area contributed by atoms with Crippen molar-refractivity contribution >= 4 is 23.5 Å². The monoisotopic (exact) mass is 402 g/mol. The molecule has 1 spiro atoms. The number of urea groups is 1. The van der Waals surface area contributed by atoms with Crippen LogP contribution >= 0.6 is 0 Å². The molecule has 4 rings (SSSR count). The molecule has 1 aliphatic carbocycles. The zero-order valence-electron chi connectivity index (χ0n) is 16.7. The first-order valence-electron chi connectivity index (χ1n) is 10.3. The summed E-state index contributed by atoms with van der Waals surface area (Å²) in [6.45, 7) is 3.63. The Bertz CT molecular complexity index is 824. The molecule has 1 N–H and O–H groups in total. The summed E-state index contributed by atoms with van der Waals surface area (Å²) < 4.78 is 14.0. The molecule has 2 atom stereocenters. The van der Waals surface area contributed by atoms with Gasteiger partial charge < -0.3 is 15.1 Å². The smallest absolute Gasteiger partial charge is 0.325 e. The lowest BCUT2D eigenvalue weighted by Gasteiger charge is -2.37. The molecule has 2 unspecified atom stereocenters. The van der Waals surface area contributed by atoms with E-state index in [4.69, 9.17) is 0 Å². The van der Waals surface area contributed by atoms with Gasteiger partial charge in [-0.1, -0.05) is 31.9 Å². The van der Waals surface area contributed by atoms with Crippen molar-refractivity contribution < 1.29 is 18.8 Å². The molecule has 2 saturated heterocycles. The predicted octanol–water partition coefficient (Wildman–Crippen LogP) is 1.97. The van der Waals surface area contributed by atoms with E-state index in [0.29, 0.717) is 38.3 Å². The molecule has 1 aromatic carbocycles. The van der Waals surface area contributed by atoms with Gasteiger partial charge in [-0.3, -0.25) is 14.5 Å². The van der Waals surface area contributed by atoms with Crippen molar-refractivity contribution in [3.05, 3.63) is 30.1 Å². The molecule has 8 heteroatoms. The lowest BCUT2D eigenvalue weighted by Crippen LogP contribution is -2.55. The van der Waals surface area contributed by atoms with E-state index in [-0.39, 0.29) is 30.1 Å². The van der Waals surface area contributed by atoms with Gasteiger partial charge >= 0.3 is 6.03 Å². The van der Waals surface area contributed by atoms with Crippen molar-refractivity contribution in [3.63, 3.8) is 0 Å². The number of halogens is 1. The Morgan fingerprint density at radius 2 is 1.90 bits per heavy atom. The fraction of sp³-hybridized carbons (Fsp3) is 0.571. The minimum atomic E-state index is -0.848. The van der Waals surface area contributed by atoms with Crippen molar-refractivity contribution in [2.24, 2.45) is 5.92 Å². The molecule has 2 heterocycles. The fourth-order valence-electron chi connectivity index (χ4n) is 4.78. The first-order valence-corrected chi connectivity index (χ1v) is 10.3. The second-order valence-electron chi connectivity index (χ2n) is 8.26. The van der Waals surface area contributed by atoms with Crippen LogP contribution < -0.4 is 10.2 Å². The average molecular weight is 402 g/mol. The first-order chi connectivity index (χ1) is 13.9. The molecule has 156 valence electrons. The van der Waals surface area contributed by atoms with Crippen LogP contribution in [0.4, 0.5) is 14.9 Å². The highest BCUT2D eigenvalue weighted by molar-refractivity contribution is 6.09. The molecule has 2 aliphatic heterocycles. The molecular weight excluding hydrogens is 375 g/mol. The van der Waals surface area contributed by atoms with Crippen LogP contribution in [-0.4, -0.2) is 65.9 Å². The van der Waals surface area contributed by atoms with Crippen LogP contribution in [0.5, 0.6) is 0 Å². The van der Waals surface area contributed by atoms with Crippen LogP contribution in [0.1, 0.15) is 32.6 Å². The summed E-state index contributed by atoms with van der Waals surface area (Å²) in [5.74, 6) is -0.731. The molecule has 0 bridgehead atoms. The molecule has 7 nitrogen and oxygen atoms in total. The maximum absolute atomic E-state index is 14.0. The van der Waals surface area contributed by atoms with Gasteiger partial charge in [0.25, 0.3) is 5.91 Å². The highest BCUT2D eigenvalue weighted by atomic mass is 19.1. The number of piperazine rings is 1. The van der Waals surface area contributed by atoms with Crippen LogP contribution in [0.25, 0.3) is 0 Å². The van der Waals surface area contributed by atoms with E-state index in [9.17, 15) is 18.8 Å². The van der Waals surface area contributed by atoms with Gasteiger partial charge in [-0.2, -0.15) is 0 Å². The maximum Gasteiger partial charge on any atom is 0.325 e. The topological polar surface area (TPSA) is 73.0 Å². The first kappa shape index (κ1) is 19.7. The Balaban J connectivity index is 1.37. The van der Waals surface area contributed by atoms with Crippen molar-refractivity contribution in [3.8, 4) is 0 Å². The third-order valence-corrected chi connectivity index (χ3v) is 6.62. The van der Waals surface area contributed by atoms with Crippen LogP contribution in [-0.2, 0) is 9.59 Å². The summed E-state index contributed by atoms with van der Waals surface area (Å²) >= 11 is 0. The lowest BCUT2D eigenvalue weighted by atomic mass is 9.73. The number of nitrogens with one attached hydrogen (secondary N) is 1. The third-order valence-electron chi connectivity index (χ3n) is 6.62. The number of imide groups is 1. The van der Waals surface area contributed by atoms with Crippen LogP contribution in [0.15, 0.2) is 24.3 Å². The standard InChI is InChI=1S/C21H27FN4O3/c1-15-6-4-5-9-21(15)19(28)26(20(29)23-21)14-18(27)25-12-10-24(11-13-25)17-8-3-2-7-16(17)22/h2-3,7-8,15H,4-6,9-14H2,1H3,(H,23,29). The van der Waals surface area contributed by atoms with Gasteiger partial charge in [-0.05, 0) is 30.9 Å². The van der Waals surface area contributed by atoms with Crippen molar-refractivity contribution in [2.75, 3.05) is 37.6 Å². The number of anilines is 1. The molecule has 1 aromatic rings. The van der Waals surface area contributed by atoms with E-state index in [1.807, 2.05) is 11.8 Å². The van der Waals surface area contributed by atoms with E-state index in [0.717, 1.165) is 24.2 Å². The molecular formula is C21H27FN4O3. The summed E-state index contributed by atoms with van der Waals surface area (Å²) in [5.41, 5.74) is -0.319. The van der Waals surface area contributed by atoms with Gasteiger partial charge in [0.2, 0.25) is 5.91 Å². The van der Waals surface area contributed by atoms with Gasteiger partial charge in [0.15, 0.2) is 0 Å². The quantitative estimate of drug-likeness (QED) is 0.785. The van der Waals surface area contributed by atoms with Gasteiger partial charge in [-0.15, -0.1) is 0 Å². The number of carbonyl (C=O) groups is 3. The summed E-state index contributed by atoms with van der Waals surface area (Å²) in [4.78, 5) is 42.9. The second-order valence-corrected chi connectivity index (χ2v) is 8.26. The summed E-state index contributed by atoms with van der Waals surface area (Å²) in [6.07, 6.45) is 3.48. The third kappa shape index (κ3) is 3.45. The normalized spacial score (nSPS) is 27.5. The maximum atomic E-state index is 14.0. The molecule has 0 aromatic heterocycles. The van der Waals surface area contributed by atoms with E-state index in [1.54, 1.807) is 23.1 Å². The molecule has 29 heavy (non-hydrogen) atoms. The Morgan fingerprint density at radius 1 is 1.17 bits per heavy atom. The van der Waals surface area contributed by atoms with Gasteiger partial charge in [-0.25, -0.2) is 9.18 Å². The fourth-order valence-corrected chi connectivity index (χ4v) is 4.78. The number of benzene rings is 1. The van der Waals surface area contributed by atoms with Crippen LogP contribution in [0.3, 0.4) is 0 Å². The number of hydrogen-bond donors (Lipinski definition) is 1. The van der Waals surface area contributed by atoms with Crippen molar-refractivity contribution in [1.82, 2.24) is 15.1 Å². The minimum absolute atomic E-state index is 0.0668. The minimum Gasteiger partial charge on any atom is -0.366 e. The zero-order valence-corrected chi connectivity index (χ0v) is 16.7. The molecule has 3 aliphatic rings. The second kappa shape index (κ2) is 7.65. The number of hydrogen-bond acceptors (Lipinski definition) is 4. The number of amides is 4. The van der Waals surface area contributed by atoms with Crippen molar-refractivity contribution in [1.29, 1.82) is 0 Å². The van der Waals surface area contributed by atoms with Crippen LogP contribution in [0.2, 0.25) is 0 Å². The van der Waals surface area contributed by atoms with E-state index in [2.05, 4.69) is 5.32 Å². The highest BCUT2D eigenvalue weighted by Gasteiger charge is 2.55. The lowest BCUT2D eigenvalue weighted by molar-refractivity contribution is -0.140. The Kier molecular flexibility index (Phi) is 5.19. The summed E-state index contributed by atoms with van der Waals surface area (Å²) in [7, 11) is 0. The molecule has 3 fully saturated rings. The number of para-hydroxylation sites is 1. The number of rotatable bonds is 3. The van der Waals surface area contributed by atoms with E-state index in [1.165, 1.54) is 6.07 Å². The Hall–Kier alpha value is -2.64. The van der Waals surface area contributed by atoms with Gasteiger partial charge in [0, 0.05) is 26.2 Å². The summed E-state index contributed by atoms with van der Waals surface area (Å²) in [6, 6.07) is 6.12. The van der Waals surface area contributed by atoms with Gasteiger partial charge in [0.1, 0.15) is 17.9 Å². The van der Waals surface area contributed by atoms with E-state index >= 15 is 0 Å². The highest BCUT2D eigenvalue weighted by Crippen LogP contribution is 2.38. The Labute approximate surface area is 169 Å².